The Labute approximate surface area is 179 Å². The number of aromatic nitrogens is 4. The molecule has 0 atom stereocenters. The van der Waals surface area contributed by atoms with Gasteiger partial charge in [-0.3, -0.25) is 0 Å². The number of benzene rings is 1. The monoisotopic (exact) mass is 428 g/mol. The molecule has 9 heteroatoms. The normalized spacial score (nSPS) is 11.3. The summed E-state index contributed by atoms with van der Waals surface area (Å²) in [6.07, 6.45) is 3.33. The molecule has 156 valence electrons. The first-order chi connectivity index (χ1) is 14.4. The molecule has 0 fully saturated rings. The van der Waals surface area contributed by atoms with Gasteiger partial charge in [-0.2, -0.15) is 9.97 Å². The SMILES string of the molecule is CC=C(C(=O)OC)c1c(OC)nc(C)nc1Oc1ccn(-c2cc(Cl)ccc2C)n1. The average molecular weight is 429 g/mol. The number of carbonyl (C=O) groups is 1. The number of nitrogens with zero attached hydrogens (tertiary/aromatic N) is 4. The number of ether oxygens (including phenoxy) is 3. The average Bonchev–Trinajstić information content (AvgIpc) is 3.19. The van der Waals surface area contributed by atoms with Crippen LogP contribution in [-0.4, -0.2) is 39.9 Å². The molecule has 8 nitrogen and oxygen atoms in total. The molecular weight excluding hydrogens is 408 g/mol. The highest BCUT2D eigenvalue weighted by atomic mass is 35.5. The van der Waals surface area contributed by atoms with Crippen molar-refractivity contribution in [3.8, 4) is 23.3 Å². The fourth-order valence-electron chi connectivity index (χ4n) is 2.87. The Bertz CT molecular complexity index is 1120. The van der Waals surface area contributed by atoms with Crippen LogP contribution in [0.2, 0.25) is 5.02 Å². The molecule has 2 heterocycles. The summed E-state index contributed by atoms with van der Waals surface area (Å²) in [6.45, 7) is 5.35. The molecule has 0 bridgehead atoms. The molecule has 0 N–H and O–H groups in total. The number of esters is 1. The van der Waals surface area contributed by atoms with E-state index in [0.717, 1.165) is 11.3 Å². The Morgan fingerprint density at radius 3 is 2.53 bits per heavy atom. The van der Waals surface area contributed by atoms with Gasteiger partial charge in [0.2, 0.25) is 17.6 Å². The number of aryl methyl sites for hydroxylation is 2. The van der Waals surface area contributed by atoms with Crippen molar-refractivity contribution in [2.75, 3.05) is 14.2 Å². The number of rotatable bonds is 6. The summed E-state index contributed by atoms with van der Waals surface area (Å²) < 4.78 is 17.8. The van der Waals surface area contributed by atoms with E-state index < -0.39 is 5.97 Å². The molecule has 3 aromatic rings. The number of allylic oxidation sites excluding steroid dienone is 1. The Balaban J connectivity index is 2.05. The summed E-state index contributed by atoms with van der Waals surface area (Å²) in [5, 5.41) is 5.05. The van der Waals surface area contributed by atoms with E-state index in [2.05, 4.69) is 15.1 Å². The summed E-state index contributed by atoms with van der Waals surface area (Å²) in [4.78, 5) is 20.9. The van der Waals surface area contributed by atoms with Crippen molar-refractivity contribution >= 4 is 23.1 Å². The maximum Gasteiger partial charge on any atom is 0.338 e. The quantitative estimate of drug-likeness (QED) is 0.427. The van der Waals surface area contributed by atoms with Gasteiger partial charge in [0.25, 0.3) is 0 Å². The number of hydrogen-bond donors (Lipinski definition) is 0. The third kappa shape index (κ3) is 4.28. The predicted molar refractivity (Wildman–Crippen MR) is 112 cm³/mol. The Morgan fingerprint density at radius 1 is 1.13 bits per heavy atom. The van der Waals surface area contributed by atoms with Gasteiger partial charge in [-0.05, 0) is 38.5 Å². The van der Waals surface area contributed by atoms with E-state index in [0.29, 0.717) is 10.8 Å². The van der Waals surface area contributed by atoms with Gasteiger partial charge in [0.05, 0.1) is 25.5 Å². The van der Waals surface area contributed by atoms with Gasteiger partial charge < -0.3 is 14.2 Å². The number of hydrogen-bond acceptors (Lipinski definition) is 7. The van der Waals surface area contributed by atoms with Crippen LogP contribution in [0.3, 0.4) is 0 Å². The molecule has 0 amide bonds. The molecule has 30 heavy (non-hydrogen) atoms. The van der Waals surface area contributed by atoms with Crippen LogP contribution in [0.25, 0.3) is 11.3 Å². The minimum Gasteiger partial charge on any atom is -0.480 e. The van der Waals surface area contributed by atoms with Crippen molar-refractivity contribution < 1.29 is 19.0 Å². The largest absolute Gasteiger partial charge is 0.480 e. The van der Waals surface area contributed by atoms with Crippen LogP contribution in [0.4, 0.5) is 0 Å². The molecule has 2 aromatic heterocycles. The maximum atomic E-state index is 12.3. The highest BCUT2D eigenvalue weighted by Crippen LogP contribution is 2.35. The topological polar surface area (TPSA) is 88.4 Å². The van der Waals surface area contributed by atoms with Crippen LogP contribution in [0, 0.1) is 13.8 Å². The van der Waals surface area contributed by atoms with Crippen LogP contribution in [0.15, 0.2) is 36.5 Å². The second-order valence-corrected chi connectivity index (χ2v) is 6.72. The van der Waals surface area contributed by atoms with E-state index >= 15 is 0 Å². The predicted octanol–water partition coefficient (Wildman–Crippen LogP) is 4.31. The lowest BCUT2D eigenvalue weighted by Gasteiger charge is -2.14. The van der Waals surface area contributed by atoms with Crippen molar-refractivity contribution in [3.63, 3.8) is 0 Å². The third-order valence-electron chi connectivity index (χ3n) is 4.29. The zero-order chi connectivity index (χ0) is 21.8. The zero-order valence-electron chi connectivity index (χ0n) is 17.3. The van der Waals surface area contributed by atoms with Crippen molar-refractivity contribution in [3.05, 3.63) is 58.5 Å². The maximum absolute atomic E-state index is 12.3. The number of methoxy groups -OCH3 is 2. The fraction of sp³-hybridized carbons (Fsp3) is 0.238. The first kappa shape index (κ1) is 21.3. The molecule has 1 aromatic carbocycles. The minimum atomic E-state index is -0.562. The summed E-state index contributed by atoms with van der Waals surface area (Å²) in [5.41, 5.74) is 2.31. The number of carbonyl (C=O) groups excluding carboxylic acids is 1. The fourth-order valence-corrected chi connectivity index (χ4v) is 3.04. The lowest BCUT2D eigenvalue weighted by atomic mass is 10.1. The van der Waals surface area contributed by atoms with Crippen molar-refractivity contribution in [2.45, 2.75) is 20.8 Å². The van der Waals surface area contributed by atoms with Crippen LogP contribution < -0.4 is 9.47 Å². The molecular formula is C21H21ClN4O4. The highest BCUT2D eigenvalue weighted by Gasteiger charge is 2.25. The molecule has 0 aliphatic carbocycles. The van der Waals surface area contributed by atoms with Crippen molar-refractivity contribution in [1.82, 2.24) is 19.7 Å². The molecule has 0 radical (unpaired) electrons. The first-order valence-corrected chi connectivity index (χ1v) is 9.43. The van der Waals surface area contributed by atoms with Crippen molar-refractivity contribution in [2.24, 2.45) is 0 Å². The molecule has 0 saturated carbocycles. The molecule has 0 aliphatic heterocycles. The van der Waals surface area contributed by atoms with Crippen LogP contribution >= 0.6 is 11.6 Å². The second-order valence-electron chi connectivity index (χ2n) is 6.29. The first-order valence-electron chi connectivity index (χ1n) is 9.05. The molecule has 0 aliphatic rings. The Kier molecular flexibility index (Phi) is 6.37. The minimum absolute atomic E-state index is 0.130. The lowest BCUT2D eigenvalue weighted by molar-refractivity contribution is -0.133. The highest BCUT2D eigenvalue weighted by molar-refractivity contribution is 6.30. The van der Waals surface area contributed by atoms with Gasteiger partial charge in [0.1, 0.15) is 11.4 Å². The lowest BCUT2D eigenvalue weighted by Crippen LogP contribution is -2.10. The molecule has 3 rings (SSSR count). The second kappa shape index (κ2) is 8.96. The Hall–Kier alpha value is -3.39. The summed E-state index contributed by atoms with van der Waals surface area (Å²) in [7, 11) is 2.75. The van der Waals surface area contributed by atoms with Crippen LogP contribution in [0.5, 0.6) is 17.6 Å². The number of halogens is 1. The zero-order valence-corrected chi connectivity index (χ0v) is 18.0. The summed E-state index contributed by atoms with van der Waals surface area (Å²) in [6, 6.07) is 7.22. The van der Waals surface area contributed by atoms with Crippen LogP contribution in [-0.2, 0) is 9.53 Å². The van der Waals surface area contributed by atoms with E-state index in [4.69, 9.17) is 25.8 Å². The third-order valence-corrected chi connectivity index (χ3v) is 4.53. The van der Waals surface area contributed by atoms with E-state index in [1.54, 1.807) is 36.9 Å². The van der Waals surface area contributed by atoms with Crippen LogP contribution in [0.1, 0.15) is 23.9 Å². The molecule has 0 spiro atoms. The van der Waals surface area contributed by atoms with E-state index in [-0.39, 0.29) is 28.8 Å². The summed E-state index contributed by atoms with van der Waals surface area (Å²) >= 11 is 6.12. The Morgan fingerprint density at radius 2 is 1.87 bits per heavy atom. The van der Waals surface area contributed by atoms with Gasteiger partial charge in [-0.25, -0.2) is 9.48 Å². The van der Waals surface area contributed by atoms with Gasteiger partial charge >= 0.3 is 5.97 Å². The standard InChI is InChI=1S/C21H21ClN4O4/c1-6-15(21(27)29-5)18-19(28-4)23-13(3)24-20(18)30-17-9-10-26(25-17)16-11-14(22)8-7-12(16)2/h6-11H,1-5H3. The van der Waals surface area contributed by atoms with Gasteiger partial charge in [0.15, 0.2) is 0 Å². The van der Waals surface area contributed by atoms with E-state index in [1.165, 1.54) is 14.2 Å². The molecule has 0 unspecified atom stereocenters. The summed E-state index contributed by atoms with van der Waals surface area (Å²) in [5.74, 6) is 0.451. The van der Waals surface area contributed by atoms with E-state index in [1.807, 2.05) is 25.1 Å². The molecule has 0 saturated heterocycles. The van der Waals surface area contributed by atoms with Gasteiger partial charge in [0, 0.05) is 17.3 Å². The smallest absolute Gasteiger partial charge is 0.338 e. The van der Waals surface area contributed by atoms with Gasteiger partial charge in [-0.15, -0.1) is 5.10 Å². The van der Waals surface area contributed by atoms with E-state index in [9.17, 15) is 4.79 Å². The van der Waals surface area contributed by atoms with Crippen molar-refractivity contribution in [1.29, 1.82) is 0 Å². The van der Waals surface area contributed by atoms with Gasteiger partial charge in [-0.1, -0.05) is 23.7 Å².